The van der Waals surface area contributed by atoms with E-state index in [1.807, 2.05) is 13.8 Å². The van der Waals surface area contributed by atoms with Crippen LogP contribution in [0.2, 0.25) is 0 Å². The summed E-state index contributed by atoms with van der Waals surface area (Å²) in [6.45, 7) is 6.54. The number of carbonyl (C=O) groups excluding carboxylic acids is 2. The summed E-state index contributed by atoms with van der Waals surface area (Å²) in [6, 6.07) is 1.61. The molecule has 1 aliphatic heterocycles. The number of morpholine rings is 1. The molecule has 5 heteroatoms. The summed E-state index contributed by atoms with van der Waals surface area (Å²) < 4.78 is 5.59. The molecule has 1 N–H and O–H groups in total. The molecule has 0 radical (unpaired) electrons. The lowest BCUT2D eigenvalue weighted by Crippen LogP contribution is -2.48. The largest absolute Gasteiger partial charge is 0.372 e. The van der Waals surface area contributed by atoms with Crippen LogP contribution in [0, 0.1) is 0 Å². The second-order valence-electron chi connectivity index (χ2n) is 4.83. The predicted molar refractivity (Wildman–Crippen MR) is 66.7 cm³/mol. The van der Waals surface area contributed by atoms with E-state index >= 15 is 0 Å². The third-order valence-electron chi connectivity index (χ3n) is 3.03. The van der Waals surface area contributed by atoms with Gasteiger partial charge in [-0.1, -0.05) is 0 Å². The van der Waals surface area contributed by atoms with Crippen LogP contribution >= 0.6 is 0 Å². The minimum atomic E-state index is -0.0792. The van der Waals surface area contributed by atoms with Crippen molar-refractivity contribution in [2.24, 2.45) is 0 Å². The molecule has 1 fully saturated rings. The van der Waals surface area contributed by atoms with Crippen LogP contribution in [-0.4, -0.2) is 46.9 Å². The van der Waals surface area contributed by atoms with Gasteiger partial charge in [0.15, 0.2) is 5.78 Å². The number of hydrogen-bond donors (Lipinski definition) is 1. The fourth-order valence-electron chi connectivity index (χ4n) is 2.24. The van der Waals surface area contributed by atoms with Crippen LogP contribution in [0.4, 0.5) is 0 Å². The van der Waals surface area contributed by atoms with Gasteiger partial charge in [-0.15, -0.1) is 0 Å². The van der Waals surface area contributed by atoms with Crippen LogP contribution in [0.5, 0.6) is 0 Å². The van der Waals surface area contributed by atoms with Crippen LogP contribution < -0.4 is 0 Å². The maximum atomic E-state index is 12.3. The quantitative estimate of drug-likeness (QED) is 0.808. The molecule has 0 spiro atoms. The van der Waals surface area contributed by atoms with Crippen molar-refractivity contribution in [3.8, 4) is 0 Å². The molecule has 1 aromatic rings. The third kappa shape index (κ3) is 2.61. The number of aromatic amines is 1. The summed E-state index contributed by atoms with van der Waals surface area (Å²) in [5.74, 6) is -0.126. The number of nitrogens with zero attached hydrogens (tertiary/aromatic N) is 1. The molecular weight excluding hydrogens is 232 g/mol. The molecule has 1 saturated heterocycles. The minimum Gasteiger partial charge on any atom is -0.372 e. The van der Waals surface area contributed by atoms with E-state index in [1.165, 1.54) is 6.92 Å². The fourth-order valence-corrected chi connectivity index (χ4v) is 2.24. The van der Waals surface area contributed by atoms with Crippen molar-refractivity contribution >= 4 is 11.7 Å². The SMILES string of the molecule is CC(=O)c1c[nH]c(C(=O)N2CC(C)OC(C)C2)c1. The number of hydrogen-bond acceptors (Lipinski definition) is 3. The van der Waals surface area contributed by atoms with E-state index in [2.05, 4.69) is 4.98 Å². The van der Waals surface area contributed by atoms with Gasteiger partial charge in [-0.25, -0.2) is 0 Å². The molecule has 2 unspecified atom stereocenters. The van der Waals surface area contributed by atoms with Crippen molar-refractivity contribution in [1.29, 1.82) is 0 Å². The molecule has 2 atom stereocenters. The molecule has 18 heavy (non-hydrogen) atoms. The monoisotopic (exact) mass is 250 g/mol. The van der Waals surface area contributed by atoms with E-state index in [9.17, 15) is 9.59 Å². The van der Waals surface area contributed by atoms with Crippen molar-refractivity contribution < 1.29 is 14.3 Å². The van der Waals surface area contributed by atoms with Gasteiger partial charge in [-0.05, 0) is 26.8 Å². The molecule has 0 saturated carbocycles. The van der Waals surface area contributed by atoms with Gasteiger partial charge < -0.3 is 14.6 Å². The highest BCUT2D eigenvalue weighted by Gasteiger charge is 2.27. The number of aromatic nitrogens is 1. The Balaban J connectivity index is 2.12. The highest BCUT2D eigenvalue weighted by molar-refractivity contribution is 5.99. The first-order valence-electron chi connectivity index (χ1n) is 6.11. The number of nitrogens with one attached hydrogen (secondary N) is 1. The van der Waals surface area contributed by atoms with Gasteiger partial charge in [0.1, 0.15) is 5.69 Å². The average molecular weight is 250 g/mol. The van der Waals surface area contributed by atoms with Gasteiger partial charge >= 0.3 is 0 Å². The van der Waals surface area contributed by atoms with Crippen molar-refractivity contribution in [3.05, 3.63) is 23.5 Å². The summed E-state index contributed by atoms with van der Waals surface area (Å²) in [4.78, 5) is 28.1. The maximum absolute atomic E-state index is 12.3. The van der Waals surface area contributed by atoms with Crippen molar-refractivity contribution in [2.45, 2.75) is 33.0 Å². The van der Waals surface area contributed by atoms with Gasteiger partial charge in [0.2, 0.25) is 0 Å². The number of H-pyrrole nitrogens is 1. The maximum Gasteiger partial charge on any atom is 0.270 e. The molecule has 5 nitrogen and oxygen atoms in total. The van der Waals surface area contributed by atoms with E-state index in [1.54, 1.807) is 17.2 Å². The molecular formula is C13H18N2O3. The Morgan fingerprint density at radius 3 is 2.44 bits per heavy atom. The molecule has 2 heterocycles. The Kier molecular flexibility index (Phi) is 3.52. The predicted octanol–water partition coefficient (Wildman–Crippen LogP) is 1.47. The van der Waals surface area contributed by atoms with E-state index in [4.69, 9.17) is 4.74 Å². The summed E-state index contributed by atoms with van der Waals surface area (Å²) >= 11 is 0. The Morgan fingerprint density at radius 2 is 1.94 bits per heavy atom. The Labute approximate surface area is 106 Å². The van der Waals surface area contributed by atoms with Gasteiger partial charge in [0, 0.05) is 24.8 Å². The molecule has 98 valence electrons. The molecule has 1 amide bonds. The number of rotatable bonds is 2. The lowest BCUT2D eigenvalue weighted by molar-refractivity contribution is -0.0587. The number of ketones is 1. The number of ether oxygens (including phenoxy) is 1. The summed E-state index contributed by atoms with van der Waals surface area (Å²) in [7, 11) is 0. The van der Waals surface area contributed by atoms with Crippen LogP contribution in [0.3, 0.4) is 0 Å². The van der Waals surface area contributed by atoms with Gasteiger partial charge in [0.25, 0.3) is 5.91 Å². The smallest absolute Gasteiger partial charge is 0.270 e. The first-order chi connectivity index (χ1) is 8.47. The third-order valence-corrected chi connectivity index (χ3v) is 3.03. The standard InChI is InChI=1S/C13H18N2O3/c1-8-6-15(7-9(2)18-8)13(17)12-4-11(5-14-12)10(3)16/h4-5,8-9,14H,6-7H2,1-3H3. The van der Waals surface area contributed by atoms with E-state index in [-0.39, 0.29) is 23.9 Å². The van der Waals surface area contributed by atoms with Crippen LogP contribution in [0.1, 0.15) is 41.6 Å². The lowest BCUT2D eigenvalue weighted by atomic mass is 10.2. The minimum absolute atomic E-state index is 0.0416. The van der Waals surface area contributed by atoms with E-state index < -0.39 is 0 Å². The first-order valence-corrected chi connectivity index (χ1v) is 6.11. The molecule has 2 rings (SSSR count). The topological polar surface area (TPSA) is 62.4 Å². The highest BCUT2D eigenvalue weighted by Crippen LogP contribution is 2.14. The van der Waals surface area contributed by atoms with Crippen molar-refractivity contribution in [2.75, 3.05) is 13.1 Å². The second-order valence-corrected chi connectivity index (χ2v) is 4.83. The first kappa shape index (κ1) is 12.8. The highest BCUT2D eigenvalue weighted by atomic mass is 16.5. The molecule has 1 aliphatic rings. The van der Waals surface area contributed by atoms with Gasteiger partial charge in [0.05, 0.1) is 12.2 Å². The van der Waals surface area contributed by atoms with E-state index in [0.29, 0.717) is 24.3 Å². The zero-order valence-electron chi connectivity index (χ0n) is 10.9. The Bertz CT molecular complexity index is 457. The number of Topliss-reactive ketones (excluding diaryl/α,β-unsaturated/α-hetero) is 1. The Hall–Kier alpha value is -1.62. The fraction of sp³-hybridized carbons (Fsp3) is 0.538. The summed E-state index contributed by atoms with van der Waals surface area (Å²) in [5.41, 5.74) is 0.995. The number of amides is 1. The van der Waals surface area contributed by atoms with Crippen LogP contribution in [-0.2, 0) is 4.74 Å². The van der Waals surface area contributed by atoms with Gasteiger partial charge in [-0.3, -0.25) is 9.59 Å². The van der Waals surface area contributed by atoms with Crippen LogP contribution in [0.25, 0.3) is 0 Å². The average Bonchev–Trinajstić information content (AvgIpc) is 2.75. The zero-order valence-corrected chi connectivity index (χ0v) is 10.9. The number of carbonyl (C=O) groups is 2. The van der Waals surface area contributed by atoms with Crippen LogP contribution in [0.15, 0.2) is 12.3 Å². The molecule has 0 aliphatic carbocycles. The normalized spacial score (nSPS) is 24.1. The second kappa shape index (κ2) is 4.94. The molecule has 0 bridgehead atoms. The summed E-state index contributed by atoms with van der Waals surface area (Å²) in [6.07, 6.45) is 1.66. The van der Waals surface area contributed by atoms with Crippen molar-refractivity contribution in [1.82, 2.24) is 9.88 Å². The summed E-state index contributed by atoms with van der Waals surface area (Å²) in [5, 5.41) is 0. The van der Waals surface area contributed by atoms with E-state index in [0.717, 1.165) is 0 Å². The molecule has 0 aromatic carbocycles. The van der Waals surface area contributed by atoms with Gasteiger partial charge in [-0.2, -0.15) is 0 Å². The van der Waals surface area contributed by atoms with Crippen molar-refractivity contribution in [3.63, 3.8) is 0 Å². The zero-order chi connectivity index (χ0) is 13.3. The lowest BCUT2D eigenvalue weighted by Gasteiger charge is -2.35. The molecule has 1 aromatic heterocycles. The Morgan fingerprint density at radius 1 is 1.33 bits per heavy atom.